The van der Waals surface area contributed by atoms with Crippen molar-refractivity contribution in [2.45, 2.75) is 39.4 Å². The van der Waals surface area contributed by atoms with Crippen molar-refractivity contribution in [2.75, 3.05) is 23.7 Å². The Morgan fingerprint density at radius 3 is 2.71 bits per heavy atom. The highest BCUT2D eigenvalue weighted by molar-refractivity contribution is 5.59. The largest absolute Gasteiger partial charge is 0.399 e. The first-order valence-electron chi connectivity index (χ1n) is 6.16. The van der Waals surface area contributed by atoms with E-state index in [4.69, 9.17) is 10.5 Å². The number of hydrogen-bond acceptors (Lipinski definition) is 3. The van der Waals surface area contributed by atoms with Crippen LogP contribution in [-0.2, 0) is 4.74 Å². The summed E-state index contributed by atoms with van der Waals surface area (Å²) in [6.45, 7) is 10.4. The molecule has 94 valence electrons. The third-order valence-corrected chi connectivity index (χ3v) is 3.13. The fraction of sp³-hybridized carbons (Fsp3) is 0.571. The molecule has 1 aromatic carbocycles. The van der Waals surface area contributed by atoms with Gasteiger partial charge in [-0.3, -0.25) is 0 Å². The lowest BCUT2D eigenvalue weighted by Crippen LogP contribution is -2.52. The second-order valence-corrected chi connectivity index (χ2v) is 5.61. The van der Waals surface area contributed by atoms with E-state index in [0.29, 0.717) is 0 Å². The van der Waals surface area contributed by atoms with E-state index in [1.165, 1.54) is 11.3 Å². The highest BCUT2D eigenvalue weighted by atomic mass is 16.5. The molecule has 0 bridgehead atoms. The zero-order valence-corrected chi connectivity index (χ0v) is 11.2. The van der Waals surface area contributed by atoms with Gasteiger partial charge < -0.3 is 15.4 Å². The Morgan fingerprint density at radius 1 is 1.41 bits per heavy atom. The zero-order valence-electron chi connectivity index (χ0n) is 11.2. The number of nitrogens with two attached hydrogens (primary N) is 1. The fourth-order valence-corrected chi connectivity index (χ4v) is 2.67. The monoisotopic (exact) mass is 234 g/mol. The summed E-state index contributed by atoms with van der Waals surface area (Å²) in [7, 11) is 0. The number of hydrogen-bond donors (Lipinski definition) is 1. The maximum absolute atomic E-state index is 5.92. The lowest BCUT2D eigenvalue weighted by atomic mass is 10.0. The predicted molar refractivity (Wildman–Crippen MR) is 72.4 cm³/mol. The average Bonchev–Trinajstić information content (AvgIpc) is 2.13. The van der Waals surface area contributed by atoms with Gasteiger partial charge in [-0.15, -0.1) is 0 Å². The predicted octanol–water partition coefficient (Wildman–Crippen LogP) is 2.58. The molecule has 1 aliphatic heterocycles. The second-order valence-electron chi connectivity index (χ2n) is 5.61. The molecule has 0 amide bonds. The maximum Gasteiger partial charge on any atom is 0.0805 e. The molecule has 0 saturated carbocycles. The normalized spacial score (nSPS) is 23.8. The van der Waals surface area contributed by atoms with Crippen LogP contribution in [0.3, 0.4) is 0 Å². The van der Waals surface area contributed by atoms with Gasteiger partial charge in [-0.2, -0.15) is 0 Å². The fourth-order valence-electron chi connectivity index (χ4n) is 2.67. The van der Waals surface area contributed by atoms with Crippen LogP contribution in [-0.4, -0.2) is 24.8 Å². The summed E-state index contributed by atoms with van der Waals surface area (Å²) in [5.41, 5.74) is 9.03. The van der Waals surface area contributed by atoms with E-state index in [9.17, 15) is 0 Å². The van der Waals surface area contributed by atoms with Crippen molar-refractivity contribution in [3.8, 4) is 0 Å². The molecule has 1 atom stereocenters. The summed E-state index contributed by atoms with van der Waals surface area (Å²) < 4.78 is 5.92. The van der Waals surface area contributed by atoms with Crippen molar-refractivity contribution in [3.63, 3.8) is 0 Å². The van der Waals surface area contributed by atoms with E-state index in [2.05, 4.69) is 38.7 Å². The molecule has 1 fully saturated rings. The van der Waals surface area contributed by atoms with Gasteiger partial charge in [-0.1, -0.05) is 0 Å². The van der Waals surface area contributed by atoms with Gasteiger partial charge in [0.2, 0.25) is 0 Å². The molecule has 1 heterocycles. The Morgan fingerprint density at radius 2 is 2.12 bits per heavy atom. The summed E-state index contributed by atoms with van der Waals surface area (Å²) in [6.07, 6.45) is 0.260. The molecular weight excluding hydrogens is 212 g/mol. The molecule has 3 nitrogen and oxygen atoms in total. The Labute approximate surface area is 104 Å². The molecule has 0 aromatic heterocycles. The molecule has 0 radical (unpaired) electrons. The minimum absolute atomic E-state index is 0.0918. The molecule has 0 aliphatic carbocycles. The van der Waals surface area contributed by atoms with Crippen LogP contribution in [0.5, 0.6) is 0 Å². The van der Waals surface area contributed by atoms with Crippen molar-refractivity contribution in [1.82, 2.24) is 0 Å². The molecule has 2 rings (SSSR count). The van der Waals surface area contributed by atoms with Crippen LogP contribution >= 0.6 is 0 Å². The summed E-state index contributed by atoms with van der Waals surface area (Å²) in [4.78, 5) is 2.39. The minimum atomic E-state index is -0.0918. The highest BCUT2D eigenvalue weighted by Gasteiger charge is 2.31. The number of benzene rings is 1. The maximum atomic E-state index is 5.92. The molecule has 2 N–H and O–H groups in total. The zero-order chi connectivity index (χ0) is 12.6. The Hall–Kier alpha value is -1.22. The van der Waals surface area contributed by atoms with Crippen molar-refractivity contribution in [2.24, 2.45) is 0 Å². The van der Waals surface area contributed by atoms with E-state index in [1.54, 1.807) is 0 Å². The van der Waals surface area contributed by atoms with E-state index >= 15 is 0 Å². The number of aryl methyl sites for hydroxylation is 1. The van der Waals surface area contributed by atoms with Crippen LogP contribution in [0.4, 0.5) is 11.4 Å². The van der Waals surface area contributed by atoms with Gasteiger partial charge >= 0.3 is 0 Å². The summed E-state index contributed by atoms with van der Waals surface area (Å²) in [5, 5.41) is 0. The molecule has 1 aromatic rings. The standard InChI is InChI=1S/C14H22N2O/c1-10-7-12(15)5-6-13(10)16-8-11(2)17-14(3,4)9-16/h5-7,11H,8-9,15H2,1-4H3. The van der Waals surface area contributed by atoms with Crippen molar-refractivity contribution in [1.29, 1.82) is 0 Å². The van der Waals surface area contributed by atoms with E-state index in [1.807, 2.05) is 12.1 Å². The number of anilines is 2. The first kappa shape index (κ1) is 12.2. The molecule has 1 saturated heterocycles. The summed E-state index contributed by atoms with van der Waals surface area (Å²) >= 11 is 0. The van der Waals surface area contributed by atoms with Crippen molar-refractivity contribution in [3.05, 3.63) is 23.8 Å². The second kappa shape index (κ2) is 4.22. The lowest BCUT2D eigenvalue weighted by molar-refractivity contribution is -0.0749. The first-order valence-corrected chi connectivity index (χ1v) is 6.16. The van der Waals surface area contributed by atoms with Gasteiger partial charge in [0, 0.05) is 24.5 Å². The van der Waals surface area contributed by atoms with Crippen LogP contribution < -0.4 is 10.6 Å². The van der Waals surface area contributed by atoms with Gasteiger partial charge in [0.25, 0.3) is 0 Å². The third-order valence-electron chi connectivity index (χ3n) is 3.13. The minimum Gasteiger partial charge on any atom is -0.399 e. The van der Waals surface area contributed by atoms with Gasteiger partial charge in [0.1, 0.15) is 0 Å². The Balaban J connectivity index is 2.27. The highest BCUT2D eigenvalue weighted by Crippen LogP contribution is 2.29. The molecule has 3 heteroatoms. The van der Waals surface area contributed by atoms with Crippen molar-refractivity contribution < 1.29 is 4.74 Å². The molecule has 1 aliphatic rings. The topological polar surface area (TPSA) is 38.5 Å². The summed E-state index contributed by atoms with van der Waals surface area (Å²) in [5.74, 6) is 0. The molecule has 17 heavy (non-hydrogen) atoms. The van der Waals surface area contributed by atoms with Crippen LogP contribution in [0.1, 0.15) is 26.3 Å². The van der Waals surface area contributed by atoms with Crippen LogP contribution in [0.15, 0.2) is 18.2 Å². The first-order chi connectivity index (χ1) is 7.87. The molecule has 1 unspecified atom stereocenters. The van der Waals surface area contributed by atoms with Gasteiger partial charge in [-0.25, -0.2) is 0 Å². The number of nitrogens with zero attached hydrogens (tertiary/aromatic N) is 1. The van der Waals surface area contributed by atoms with E-state index in [0.717, 1.165) is 18.8 Å². The van der Waals surface area contributed by atoms with Crippen LogP contribution in [0.2, 0.25) is 0 Å². The number of nitrogen functional groups attached to an aromatic ring is 1. The quantitative estimate of drug-likeness (QED) is 0.759. The van der Waals surface area contributed by atoms with Crippen LogP contribution in [0, 0.1) is 6.92 Å². The number of ether oxygens (including phenoxy) is 1. The van der Waals surface area contributed by atoms with E-state index in [-0.39, 0.29) is 11.7 Å². The van der Waals surface area contributed by atoms with Gasteiger partial charge in [0.05, 0.1) is 11.7 Å². The Bertz CT molecular complexity index is 415. The summed E-state index contributed by atoms with van der Waals surface area (Å²) in [6, 6.07) is 6.11. The molecule has 0 spiro atoms. The van der Waals surface area contributed by atoms with E-state index < -0.39 is 0 Å². The Kier molecular flexibility index (Phi) is 3.04. The van der Waals surface area contributed by atoms with Crippen molar-refractivity contribution >= 4 is 11.4 Å². The lowest BCUT2D eigenvalue weighted by Gasteiger charge is -2.43. The van der Waals surface area contributed by atoms with Gasteiger partial charge in [0.15, 0.2) is 0 Å². The molecular formula is C14H22N2O. The average molecular weight is 234 g/mol. The number of rotatable bonds is 1. The smallest absolute Gasteiger partial charge is 0.0805 e. The van der Waals surface area contributed by atoms with Gasteiger partial charge in [-0.05, 0) is 51.5 Å². The SMILES string of the molecule is Cc1cc(N)ccc1N1CC(C)OC(C)(C)C1. The third kappa shape index (κ3) is 2.72. The van der Waals surface area contributed by atoms with Crippen LogP contribution in [0.25, 0.3) is 0 Å². The number of morpholine rings is 1.